The Morgan fingerprint density at radius 3 is 2.48 bits per heavy atom. The van der Waals surface area contributed by atoms with Crippen molar-refractivity contribution in [1.29, 1.82) is 0 Å². The Balaban J connectivity index is 1.86. The summed E-state index contributed by atoms with van der Waals surface area (Å²) in [5, 5.41) is 0.299. The van der Waals surface area contributed by atoms with Crippen molar-refractivity contribution in [2.75, 3.05) is 7.11 Å². The normalized spacial score (nSPS) is 10.5. The van der Waals surface area contributed by atoms with Gasteiger partial charge in [-0.25, -0.2) is 9.18 Å². The fraction of sp³-hybridized carbons (Fsp3) is 0.100. The molecule has 3 rings (SSSR count). The third-order valence-electron chi connectivity index (χ3n) is 3.93. The van der Waals surface area contributed by atoms with E-state index in [1.807, 2.05) is 0 Å². The van der Waals surface area contributed by atoms with Crippen LogP contribution in [0.3, 0.4) is 0 Å². The molecule has 1 N–H and O–H groups in total. The molecule has 27 heavy (non-hydrogen) atoms. The number of aromatic amines is 1. The molecule has 0 fully saturated rings. The number of aromatic nitrogens is 1. The molecular weight excluding hydrogens is 373 g/mol. The second kappa shape index (κ2) is 8.05. The number of hydrogen-bond acceptors (Lipinski definition) is 4. The molecule has 0 saturated carbocycles. The van der Waals surface area contributed by atoms with E-state index in [9.17, 15) is 14.0 Å². The predicted octanol–water partition coefficient (Wildman–Crippen LogP) is 4.57. The van der Waals surface area contributed by atoms with Gasteiger partial charge in [-0.15, -0.1) is 0 Å². The first-order valence-electron chi connectivity index (χ1n) is 7.98. The van der Waals surface area contributed by atoms with Gasteiger partial charge in [0.1, 0.15) is 11.6 Å². The van der Waals surface area contributed by atoms with Gasteiger partial charge in [0.2, 0.25) is 0 Å². The lowest BCUT2D eigenvalue weighted by molar-refractivity contribution is 0.121. The first-order valence-corrected chi connectivity index (χ1v) is 8.36. The van der Waals surface area contributed by atoms with E-state index in [0.29, 0.717) is 21.9 Å². The Labute approximate surface area is 159 Å². The van der Waals surface area contributed by atoms with E-state index in [2.05, 4.69) is 9.72 Å². The van der Waals surface area contributed by atoms with E-state index in [1.165, 1.54) is 13.2 Å². The third kappa shape index (κ3) is 4.54. The summed E-state index contributed by atoms with van der Waals surface area (Å²) in [6.45, 7) is 0. The van der Waals surface area contributed by atoms with Gasteiger partial charge in [0, 0.05) is 23.2 Å². The zero-order chi connectivity index (χ0) is 19.4. The van der Waals surface area contributed by atoms with Crippen LogP contribution in [0, 0.1) is 5.82 Å². The molecular formula is C20H15ClFNO4. The summed E-state index contributed by atoms with van der Waals surface area (Å²) >= 11 is 5.76. The molecule has 0 aliphatic rings. The number of carbonyl (C=O) groups excluding carboxylic acids is 1. The number of benzene rings is 2. The molecule has 0 amide bonds. The molecule has 0 saturated heterocycles. The average Bonchev–Trinajstić information content (AvgIpc) is 2.66. The van der Waals surface area contributed by atoms with E-state index >= 15 is 0 Å². The van der Waals surface area contributed by atoms with Crippen molar-refractivity contribution in [3.05, 3.63) is 87.0 Å². The monoisotopic (exact) mass is 387 g/mol. The summed E-state index contributed by atoms with van der Waals surface area (Å²) in [6, 6.07) is 12.7. The Hall–Kier alpha value is -3.12. The Morgan fingerprint density at radius 2 is 1.81 bits per heavy atom. The van der Waals surface area contributed by atoms with Crippen molar-refractivity contribution in [2.45, 2.75) is 6.42 Å². The highest BCUT2D eigenvalue weighted by atomic mass is 35.5. The Morgan fingerprint density at radius 1 is 1.07 bits per heavy atom. The van der Waals surface area contributed by atoms with E-state index in [1.54, 1.807) is 48.7 Å². The van der Waals surface area contributed by atoms with Crippen LogP contribution < -0.4 is 10.3 Å². The van der Waals surface area contributed by atoms with Gasteiger partial charge in [0.25, 0.3) is 5.56 Å². The van der Waals surface area contributed by atoms with Crippen molar-refractivity contribution in [2.24, 2.45) is 0 Å². The van der Waals surface area contributed by atoms with Gasteiger partial charge in [0.15, 0.2) is 0 Å². The van der Waals surface area contributed by atoms with Gasteiger partial charge in [0.05, 0.1) is 7.11 Å². The smallest absolute Gasteiger partial charge is 0.437 e. The minimum Gasteiger partial charge on any atom is -0.437 e. The molecule has 0 spiro atoms. The van der Waals surface area contributed by atoms with Crippen molar-refractivity contribution in [1.82, 2.24) is 4.98 Å². The summed E-state index contributed by atoms with van der Waals surface area (Å²) < 4.78 is 23.4. The minimum absolute atomic E-state index is 0.135. The van der Waals surface area contributed by atoms with Gasteiger partial charge in [-0.05, 0) is 47.0 Å². The van der Waals surface area contributed by atoms with Gasteiger partial charge in [-0.2, -0.15) is 0 Å². The summed E-state index contributed by atoms with van der Waals surface area (Å²) in [7, 11) is 1.22. The molecule has 3 aromatic rings. The second-order valence-electron chi connectivity index (χ2n) is 5.74. The molecule has 1 heterocycles. The highest BCUT2D eigenvalue weighted by molar-refractivity contribution is 6.30. The Bertz CT molecular complexity index is 1030. The largest absolute Gasteiger partial charge is 0.513 e. The second-order valence-corrected chi connectivity index (χ2v) is 6.17. The summed E-state index contributed by atoms with van der Waals surface area (Å²) in [6.07, 6.45) is 0.898. The van der Waals surface area contributed by atoms with Gasteiger partial charge in [-0.1, -0.05) is 29.8 Å². The summed E-state index contributed by atoms with van der Waals surface area (Å²) in [5.74, 6) is -0.130. The van der Waals surface area contributed by atoms with E-state index in [4.69, 9.17) is 16.3 Å². The maximum atomic E-state index is 14.0. The third-order valence-corrected chi connectivity index (χ3v) is 4.17. The van der Waals surface area contributed by atoms with E-state index in [-0.39, 0.29) is 12.0 Å². The molecule has 5 nitrogen and oxygen atoms in total. The van der Waals surface area contributed by atoms with Crippen molar-refractivity contribution in [3.8, 4) is 16.9 Å². The number of nitrogens with one attached hydrogen (secondary N) is 1. The molecule has 0 bridgehead atoms. The summed E-state index contributed by atoms with van der Waals surface area (Å²) in [5.41, 5.74) is 2.04. The van der Waals surface area contributed by atoms with Crippen molar-refractivity contribution in [3.63, 3.8) is 0 Å². The molecule has 0 radical (unpaired) electrons. The molecule has 0 atom stereocenters. The number of hydrogen-bond donors (Lipinski definition) is 1. The number of pyridine rings is 1. The quantitative estimate of drug-likeness (QED) is 0.526. The van der Waals surface area contributed by atoms with Crippen LogP contribution >= 0.6 is 11.6 Å². The highest BCUT2D eigenvalue weighted by Gasteiger charge is 2.10. The van der Waals surface area contributed by atoms with Gasteiger partial charge >= 0.3 is 6.16 Å². The number of halogens is 2. The number of carbonyl (C=O) groups is 1. The van der Waals surface area contributed by atoms with E-state index < -0.39 is 12.0 Å². The van der Waals surface area contributed by atoms with Crippen molar-refractivity contribution >= 4 is 17.8 Å². The SMILES string of the molecule is COC(=O)Oc1ccc(-c2c[nH]c(=O)c(Cc3ccc(Cl)cc3F)c2)cc1. The molecule has 0 aliphatic heterocycles. The standard InChI is InChI=1S/C20H15ClFNO4/c1-26-20(25)27-17-6-3-12(4-7-17)15-9-14(19(24)23-11-15)8-13-2-5-16(21)10-18(13)22/h2-7,9-11H,8H2,1H3,(H,23,24). The lowest BCUT2D eigenvalue weighted by atomic mass is 10.0. The number of methoxy groups -OCH3 is 1. The number of rotatable bonds is 4. The molecule has 7 heteroatoms. The van der Waals surface area contributed by atoms with Gasteiger partial charge < -0.3 is 14.5 Å². The fourth-order valence-corrected chi connectivity index (χ4v) is 2.71. The highest BCUT2D eigenvalue weighted by Crippen LogP contribution is 2.23. The van der Waals surface area contributed by atoms with Crippen LogP contribution in [0.2, 0.25) is 5.02 Å². The minimum atomic E-state index is -0.806. The number of ether oxygens (including phenoxy) is 2. The maximum Gasteiger partial charge on any atom is 0.513 e. The topological polar surface area (TPSA) is 68.4 Å². The zero-order valence-corrected chi connectivity index (χ0v) is 15.0. The first kappa shape index (κ1) is 18.7. The van der Waals surface area contributed by atoms with Gasteiger partial charge in [-0.3, -0.25) is 4.79 Å². The maximum absolute atomic E-state index is 14.0. The molecule has 0 aliphatic carbocycles. The van der Waals surface area contributed by atoms with Crippen LogP contribution in [0.25, 0.3) is 11.1 Å². The van der Waals surface area contributed by atoms with Crippen LogP contribution in [0.4, 0.5) is 9.18 Å². The molecule has 0 unspecified atom stereocenters. The van der Waals surface area contributed by atoms with Crippen LogP contribution in [0.5, 0.6) is 5.75 Å². The lowest BCUT2D eigenvalue weighted by Gasteiger charge is -2.08. The van der Waals surface area contributed by atoms with Crippen molar-refractivity contribution < 1.29 is 18.7 Å². The summed E-state index contributed by atoms with van der Waals surface area (Å²) in [4.78, 5) is 25.9. The van der Waals surface area contributed by atoms with Crippen LogP contribution in [-0.4, -0.2) is 18.2 Å². The predicted molar refractivity (Wildman–Crippen MR) is 99.7 cm³/mol. The number of H-pyrrole nitrogens is 1. The average molecular weight is 388 g/mol. The van der Waals surface area contributed by atoms with Crippen LogP contribution in [-0.2, 0) is 11.2 Å². The van der Waals surface area contributed by atoms with Crippen LogP contribution in [0.1, 0.15) is 11.1 Å². The molecule has 138 valence electrons. The molecule has 1 aromatic heterocycles. The molecule has 2 aromatic carbocycles. The van der Waals surface area contributed by atoms with Crippen LogP contribution in [0.15, 0.2) is 59.5 Å². The van der Waals surface area contributed by atoms with E-state index in [0.717, 1.165) is 11.1 Å². The lowest BCUT2D eigenvalue weighted by Crippen LogP contribution is -2.13. The Kier molecular flexibility index (Phi) is 5.57. The fourth-order valence-electron chi connectivity index (χ4n) is 2.55. The zero-order valence-electron chi connectivity index (χ0n) is 14.3. The first-order chi connectivity index (χ1) is 13.0.